The van der Waals surface area contributed by atoms with Crippen LogP contribution in [-0.4, -0.2) is 25.0 Å². The van der Waals surface area contributed by atoms with E-state index in [4.69, 9.17) is 14.2 Å². The second-order valence-electron chi connectivity index (χ2n) is 7.57. The number of hydrogen-bond acceptors (Lipinski definition) is 4. The van der Waals surface area contributed by atoms with E-state index in [0.717, 1.165) is 40.4 Å². The minimum absolute atomic E-state index is 0.0763. The third-order valence-electron chi connectivity index (χ3n) is 5.65. The predicted octanol–water partition coefficient (Wildman–Crippen LogP) is 5.15. The Hall–Kier alpha value is -3.47. The summed E-state index contributed by atoms with van der Waals surface area (Å²) in [7, 11) is 3.29. The molecule has 1 unspecified atom stereocenters. The molecule has 1 amide bonds. The van der Waals surface area contributed by atoms with Crippen LogP contribution in [0.3, 0.4) is 0 Å². The van der Waals surface area contributed by atoms with Gasteiger partial charge < -0.3 is 19.1 Å². The van der Waals surface area contributed by atoms with E-state index in [-0.39, 0.29) is 11.9 Å². The minimum Gasteiger partial charge on any atom is -0.496 e. The van der Waals surface area contributed by atoms with E-state index in [0.29, 0.717) is 19.6 Å². The smallest absolute Gasteiger partial charge is 0.223 e. The Morgan fingerprint density at radius 3 is 2.16 bits per heavy atom. The van der Waals surface area contributed by atoms with Gasteiger partial charge in [-0.25, -0.2) is 0 Å². The molecule has 1 aliphatic rings. The van der Waals surface area contributed by atoms with Crippen molar-refractivity contribution in [2.75, 3.05) is 14.2 Å². The Morgan fingerprint density at radius 1 is 0.839 bits per heavy atom. The number of nitrogens with zero attached hydrogens (tertiary/aromatic N) is 1. The molecule has 5 nitrogen and oxygen atoms in total. The third kappa shape index (κ3) is 4.66. The first-order chi connectivity index (χ1) is 15.2. The summed E-state index contributed by atoms with van der Waals surface area (Å²) in [5, 5.41) is 0. The molecule has 1 fully saturated rings. The number of benzene rings is 3. The van der Waals surface area contributed by atoms with Crippen LogP contribution in [-0.2, 0) is 17.9 Å². The molecule has 0 N–H and O–H groups in total. The fourth-order valence-corrected chi connectivity index (χ4v) is 4.07. The lowest BCUT2D eigenvalue weighted by Gasteiger charge is -2.28. The van der Waals surface area contributed by atoms with Crippen molar-refractivity contribution in [2.24, 2.45) is 0 Å². The van der Waals surface area contributed by atoms with Gasteiger partial charge in [0, 0.05) is 13.0 Å². The monoisotopic (exact) mass is 417 g/mol. The van der Waals surface area contributed by atoms with E-state index < -0.39 is 0 Å². The Morgan fingerprint density at radius 2 is 1.52 bits per heavy atom. The van der Waals surface area contributed by atoms with Crippen molar-refractivity contribution in [2.45, 2.75) is 32.0 Å². The van der Waals surface area contributed by atoms with Crippen molar-refractivity contribution in [3.8, 4) is 17.2 Å². The molecule has 31 heavy (non-hydrogen) atoms. The predicted molar refractivity (Wildman–Crippen MR) is 119 cm³/mol. The molecule has 1 heterocycles. The van der Waals surface area contributed by atoms with Crippen LogP contribution in [0.5, 0.6) is 17.2 Å². The zero-order valence-corrected chi connectivity index (χ0v) is 17.9. The summed E-state index contributed by atoms with van der Waals surface area (Å²) >= 11 is 0. The van der Waals surface area contributed by atoms with E-state index in [2.05, 4.69) is 0 Å². The average molecular weight is 418 g/mol. The van der Waals surface area contributed by atoms with Crippen molar-refractivity contribution in [3.05, 3.63) is 89.5 Å². The largest absolute Gasteiger partial charge is 0.496 e. The summed E-state index contributed by atoms with van der Waals surface area (Å²) in [5.74, 6) is 2.44. The number of likely N-dealkylation sites (tertiary alicyclic amines) is 1. The van der Waals surface area contributed by atoms with Crippen LogP contribution in [0, 0.1) is 0 Å². The molecule has 1 atom stereocenters. The maximum atomic E-state index is 12.7. The molecular formula is C26H27NO4. The van der Waals surface area contributed by atoms with Gasteiger partial charge in [-0.05, 0) is 41.8 Å². The number of ether oxygens (including phenoxy) is 3. The highest BCUT2D eigenvalue weighted by atomic mass is 16.5. The zero-order valence-electron chi connectivity index (χ0n) is 17.9. The Balaban J connectivity index is 1.48. The summed E-state index contributed by atoms with van der Waals surface area (Å²) < 4.78 is 17.0. The van der Waals surface area contributed by atoms with Gasteiger partial charge in [0.1, 0.15) is 23.9 Å². The first-order valence-corrected chi connectivity index (χ1v) is 10.5. The van der Waals surface area contributed by atoms with Gasteiger partial charge >= 0.3 is 0 Å². The highest BCUT2D eigenvalue weighted by Crippen LogP contribution is 2.43. The normalized spacial score (nSPS) is 15.7. The molecule has 0 radical (unpaired) electrons. The van der Waals surface area contributed by atoms with E-state index in [1.165, 1.54) is 0 Å². The van der Waals surface area contributed by atoms with Gasteiger partial charge in [0.25, 0.3) is 0 Å². The topological polar surface area (TPSA) is 48.0 Å². The first-order valence-electron chi connectivity index (χ1n) is 10.5. The van der Waals surface area contributed by atoms with Gasteiger partial charge in [-0.2, -0.15) is 0 Å². The number of carbonyl (C=O) groups is 1. The molecular weight excluding hydrogens is 390 g/mol. The molecule has 0 spiro atoms. The molecule has 0 bridgehead atoms. The molecule has 160 valence electrons. The van der Waals surface area contributed by atoms with Crippen LogP contribution in [0.25, 0.3) is 0 Å². The SMILES string of the molecule is COc1cccc(OC)c1C1CCC(=O)N1Cc1ccc(OCc2ccccc2)cc1. The van der Waals surface area contributed by atoms with Crippen LogP contribution in [0.1, 0.15) is 35.6 Å². The van der Waals surface area contributed by atoms with Gasteiger partial charge in [0.05, 0.1) is 25.8 Å². The lowest BCUT2D eigenvalue weighted by atomic mass is 10.0. The van der Waals surface area contributed by atoms with Gasteiger partial charge in [-0.15, -0.1) is 0 Å². The number of carbonyl (C=O) groups excluding carboxylic acids is 1. The van der Waals surface area contributed by atoms with Crippen LogP contribution >= 0.6 is 0 Å². The van der Waals surface area contributed by atoms with Gasteiger partial charge in [-0.1, -0.05) is 48.5 Å². The Labute approximate surface area is 183 Å². The van der Waals surface area contributed by atoms with Crippen molar-refractivity contribution >= 4 is 5.91 Å². The molecule has 1 aliphatic heterocycles. The summed E-state index contributed by atoms with van der Waals surface area (Å²) in [6, 6.07) is 23.7. The van der Waals surface area contributed by atoms with Crippen LogP contribution in [0.4, 0.5) is 0 Å². The van der Waals surface area contributed by atoms with E-state index in [1.807, 2.05) is 77.7 Å². The fourth-order valence-electron chi connectivity index (χ4n) is 4.07. The number of amides is 1. The van der Waals surface area contributed by atoms with Crippen molar-refractivity contribution in [1.29, 1.82) is 0 Å². The number of hydrogen-bond donors (Lipinski definition) is 0. The lowest BCUT2D eigenvalue weighted by Crippen LogP contribution is -2.27. The summed E-state index contributed by atoms with van der Waals surface area (Å²) in [5.41, 5.74) is 3.12. The standard InChI is InChI=1S/C26H27NO4/c1-29-23-9-6-10-24(30-2)26(23)22-15-16-25(28)27(22)17-19-11-13-21(14-12-19)31-18-20-7-4-3-5-8-20/h3-14,22H,15-18H2,1-2H3. The van der Waals surface area contributed by atoms with Crippen LogP contribution in [0.2, 0.25) is 0 Å². The van der Waals surface area contributed by atoms with E-state index >= 15 is 0 Å². The maximum Gasteiger partial charge on any atom is 0.223 e. The summed E-state index contributed by atoms with van der Waals surface area (Å²) in [6.45, 7) is 1.06. The van der Waals surface area contributed by atoms with Gasteiger partial charge in [0.15, 0.2) is 0 Å². The maximum absolute atomic E-state index is 12.7. The zero-order chi connectivity index (χ0) is 21.6. The Bertz CT molecular complexity index is 995. The minimum atomic E-state index is -0.0763. The average Bonchev–Trinajstić information content (AvgIpc) is 3.18. The van der Waals surface area contributed by atoms with Crippen molar-refractivity contribution < 1.29 is 19.0 Å². The molecule has 1 saturated heterocycles. The molecule has 0 aliphatic carbocycles. The van der Waals surface area contributed by atoms with Crippen molar-refractivity contribution in [3.63, 3.8) is 0 Å². The Kier molecular flexibility index (Phi) is 6.41. The van der Waals surface area contributed by atoms with Gasteiger partial charge in [0.2, 0.25) is 5.91 Å². The molecule has 3 aromatic rings. The van der Waals surface area contributed by atoms with E-state index in [9.17, 15) is 4.79 Å². The quantitative estimate of drug-likeness (QED) is 0.509. The second kappa shape index (κ2) is 9.56. The summed E-state index contributed by atoms with van der Waals surface area (Å²) in [6.07, 6.45) is 1.26. The first kappa shape index (κ1) is 20.8. The lowest BCUT2D eigenvalue weighted by molar-refractivity contribution is -0.129. The van der Waals surface area contributed by atoms with E-state index in [1.54, 1.807) is 14.2 Å². The second-order valence-corrected chi connectivity index (χ2v) is 7.57. The van der Waals surface area contributed by atoms with Gasteiger partial charge in [-0.3, -0.25) is 4.79 Å². The highest BCUT2D eigenvalue weighted by Gasteiger charge is 2.35. The van der Waals surface area contributed by atoms with Crippen molar-refractivity contribution in [1.82, 2.24) is 4.90 Å². The molecule has 0 saturated carbocycles. The van der Waals surface area contributed by atoms with Crippen LogP contribution < -0.4 is 14.2 Å². The summed E-state index contributed by atoms with van der Waals surface area (Å²) in [4.78, 5) is 14.6. The van der Waals surface area contributed by atoms with Crippen LogP contribution in [0.15, 0.2) is 72.8 Å². The number of rotatable bonds is 8. The highest BCUT2D eigenvalue weighted by molar-refractivity contribution is 5.79. The number of methoxy groups -OCH3 is 2. The fraction of sp³-hybridized carbons (Fsp3) is 0.269. The third-order valence-corrected chi connectivity index (χ3v) is 5.65. The molecule has 5 heteroatoms. The molecule has 3 aromatic carbocycles. The molecule has 0 aromatic heterocycles. The molecule has 4 rings (SSSR count).